The molecular formula is C24H34O. The Labute approximate surface area is 154 Å². The predicted molar refractivity (Wildman–Crippen MR) is 109 cm³/mol. The number of phenols is 1. The number of benzene rings is 2. The number of hydrogen-bond donors (Lipinski definition) is 1. The van der Waals surface area contributed by atoms with Crippen LogP contribution in [0.1, 0.15) is 80.5 Å². The van der Waals surface area contributed by atoms with Gasteiger partial charge in [-0.3, -0.25) is 0 Å². The Balaban J connectivity index is 2.63. The van der Waals surface area contributed by atoms with Gasteiger partial charge in [0.1, 0.15) is 5.75 Å². The van der Waals surface area contributed by atoms with Crippen LogP contribution in [-0.2, 0) is 17.3 Å². The maximum absolute atomic E-state index is 10.9. The van der Waals surface area contributed by atoms with Gasteiger partial charge in [0.25, 0.3) is 0 Å². The molecule has 0 aliphatic rings. The average Bonchev–Trinajstić information content (AvgIpc) is 2.41. The van der Waals surface area contributed by atoms with Gasteiger partial charge in [-0.1, -0.05) is 71.4 Å². The van der Waals surface area contributed by atoms with Gasteiger partial charge in [-0.2, -0.15) is 0 Å². The molecule has 0 heterocycles. The highest BCUT2D eigenvalue weighted by Crippen LogP contribution is 2.40. The van der Waals surface area contributed by atoms with Gasteiger partial charge in [-0.05, 0) is 71.4 Å². The van der Waals surface area contributed by atoms with Crippen molar-refractivity contribution in [2.24, 2.45) is 0 Å². The molecule has 0 aliphatic carbocycles. The summed E-state index contributed by atoms with van der Waals surface area (Å²) in [6.45, 7) is 19.6. The molecule has 0 fully saturated rings. The van der Waals surface area contributed by atoms with Gasteiger partial charge in [0, 0.05) is 0 Å². The molecule has 1 nitrogen and oxygen atoms in total. The lowest BCUT2D eigenvalue weighted by atomic mass is 9.77. The van der Waals surface area contributed by atoms with Crippen molar-refractivity contribution in [1.29, 1.82) is 0 Å². The fourth-order valence-corrected chi connectivity index (χ4v) is 3.63. The minimum absolute atomic E-state index is 0.0859. The maximum atomic E-state index is 10.9. The van der Waals surface area contributed by atoms with Gasteiger partial charge in [0.2, 0.25) is 0 Å². The van der Waals surface area contributed by atoms with E-state index in [2.05, 4.69) is 86.6 Å². The number of rotatable bonds is 2. The smallest absolute Gasteiger partial charge is 0.123 e. The lowest BCUT2D eigenvalue weighted by molar-refractivity contribution is 0.423. The Bertz CT molecular complexity index is 725. The van der Waals surface area contributed by atoms with Crippen LogP contribution in [0.3, 0.4) is 0 Å². The monoisotopic (exact) mass is 338 g/mol. The molecule has 25 heavy (non-hydrogen) atoms. The second-order valence-corrected chi connectivity index (χ2v) is 9.59. The van der Waals surface area contributed by atoms with E-state index in [9.17, 15) is 5.11 Å². The number of hydrogen-bond acceptors (Lipinski definition) is 1. The summed E-state index contributed by atoms with van der Waals surface area (Å²) >= 11 is 0. The van der Waals surface area contributed by atoms with E-state index in [-0.39, 0.29) is 10.8 Å². The molecule has 2 rings (SSSR count). The zero-order chi connectivity index (χ0) is 19.2. The summed E-state index contributed by atoms with van der Waals surface area (Å²) in [5.74, 6) is 0.459. The summed E-state index contributed by atoms with van der Waals surface area (Å²) in [5.41, 5.74) is 8.60. The normalized spacial score (nSPS) is 12.5. The van der Waals surface area contributed by atoms with Crippen molar-refractivity contribution >= 4 is 0 Å². The van der Waals surface area contributed by atoms with E-state index in [1.165, 1.54) is 27.8 Å². The molecule has 2 aromatic rings. The van der Waals surface area contributed by atoms with Crippen molar-refractivity contribution in [3.63, 3.8) is 0 Å². The molecule has 0 aromatic heterocycles. The van der Waals surface area contributed by atoms with E-state index in [4.69, 9.17) is 0 Å². The Morgan fingerprint density at radius 3 is 1.48 bits per heavy atom. The minimum atomic E-state index is -0.0859. The molecule has 0 unspecified atom stereocenters. The van der Waals surface area contributed by atoms with Crippen molar-refractivity contribution in [1.82, 2.24) is 0 Å². The average molecular weight is 339 g/mol. The zero-order valence-corrected chi connectivity index (χ0v) is 17.5. The maximum Gasteiger partial charge on any atom is 0.123 e. The van der Waals surface area contributed by atoms with Gasteiger partial charge >= 0.3 is 0 Å². The van der Waals surface area contributed by atoms with E-state index >= 15 is 0 Å². The molecule has 1 heteroatoms. The van der Waals surface area contributed by atoms with Gasteiger partial charge in [-0.25, -0.2) is 0 Å². The van der Waals surface area contributed by atoms with E-state index in [0.29, 0.717) is 5.75 Å². The topological polar surface area (TPSA) is 20.2 Å². The second kappa shape index (κ2) is 6.52. The minimum Gasteiger partial charge on any atom is -0.507 e. The van der Waals surface area contributed by atoms with E-state index in [1.807, 2.05) is 0 Å². The first-order chi connectivity index (χ1) is 11.3. The van der Waals surface area contributed by atoms with E-state index in [1.54, 1.807) is 0 Å². The summed E-state index contributed by atoms with van der Waals surface area (Å²) < 4.78 is 0. The van der Waals surface area contributed by atoms with Crippen LogP contribution in [0.5, 0.6) is 5.75 Å². The summed E-state index contributed by atoms with van der Waals surface area (Å²) in [4.78, 5) is 0. The van der Waals surface area contributed by atoms with E-state index < -0.39 is 0 Å². The molecule has 0 spiro atoms. The second-order valence-electron chi connectivity index (χ2n) is 9.59. The van der Waals surface area contributed by atoms with Gasteiger partial charge in [0.05, 0.1) is 0 Å². The summed E-state index contributed by atoms with van der Waals surface area (Å²) in [5, 5.41) is 10.9. The fourth-order valence-electron chi connectivity index (χ4n) is 3.63. The van der Waals surface area contributed by atoms with Gasteiger partial charge < -0.3 is 5.11 Å². The molecule has 0 saturated heterocycles. The van der Waals surface area contributed by atoms with Crippen LogP contribution in [0.4, 0.5) is 0 Å². The number of aryl methyl sites for hydroxylation is 3. The van der Waals surface area contributed by atoms with Crippen molar-refractivity contribution in [2.45, 2.75) is 79.6 Å². The van der Waals surface area contributed by atoms with Crippen LogP contribution in [0.2, 0.25) is 0 Å². The molecule has 136 valence electrons. The van der Waals surface area contributed by atoms with Crippen molar-refractivity contribution < 1.29 is 5.11 Å². The lowest BCUT2D eigenvalue weighted by Crippen LogP contribution is -2.18. The first-order valence-electron chi connectivity index (χ1n) is 9.24. The Kier molecular flexibility index (Phi) is 5.10. The van der Waals surface area contributed by atoms with Gasteiger partial charge in [-0.15, -0.1) is 0 Å². The Morgan fingerprint density at radius 1 is 0.720 bits per heavy atom. The van der Waals surface area contributed by atoms with Crippen LogP contribution in [0.25, 0.3) is 0 Å². The Hall–Kier alpha value is -1.76. The molecule has 2 aromatic carbocycles. The molecule has 0 amide bonds. The third kappa shape index (κ3) is 4.26. The SMILES string of the molecule is Cc1cc(C)c(Cc2cc(C(C)(C)C)c(O)c(C(C)(C)C)c2)c(C)c1. The van der Waals surface area contributed by atoms with Crippen LogP contribution < -0.4 is 0 Å². The third-order valence-electron chi connectivity index (χ3n) is 5.01. The number of aromatic hydroxyl groups is 1. The van der Waals surface area contributed by atoms with E-state index in [0.717, 1.165) is 17.5 Å². The molecule has 0 aliphatic heterocycles. The fraction of sp³-hybridized carbons (Fsp3) is 0.500. The largest absolute Gasteiger partial charge is 0.507 e. The highest BCUT2D eigenvalue weighted by Gasteiger charge is 2.26. The summed E-state index contributed by atoms with van der Waals surface area (Å²) in [6, 6.07) is 8.92. The predicted octanol–water partition coefficient (Wildman–Crippen LogP) is 6.50. The van der Waals surface area contributed by atoms with Crippen LogP contribution in [0.15, 0.2) is 24.3 Å². The third-order valence-corrected chi connectivity index (χ3v) is 5.01. The van der Waals surface area contributed by atoms with Crippen molar-refractivity contribution in [2.75, 3.05) is 0 Å². The highest BCUT2D eigenvalue weighted by atomic mass is 16.3. The van der Waals surface area contributed by atoms with Crippen molar-refractivity contribution in [3.05, 3.63) is 63.2 Å². The highest BCUT2D eigenvalue weighted by molar-refractivity contribution is 5.51. The Morgan fingerprint density at radius 2 is 1.12 bits per heavy atom. The van der Waals surface area contributed by atoms with Crippen LogP contribution in [-0.4, -0.2) is 5.11 Å². The standard InChI is InChI=1S/C24H34O/c1-15-10-16(2)19(17(3)11-15)12-18-13-20(23(4,5)6)22(25)21(14-18)24(7,8)9/h10-11,13-14,25H,12H2,1-9H3. The molecule has 0 atom stereocenters. The molecular weight excluding hydrogens is 304 g/mol. The van der Waals surface area contributed by atoms with Gasteiger partial charge in [0.15, 0.2) is 0 Å². The molecule has 0 saturated carbocycles. The van der Waals surface area contributed by atoms with Crippen LogP contribution in [0, 0.1) is 20.8 Å². The summed E-state index contributed by atoms with van der Waals surface area (Å²) in [6.07, 6.45) is 0.907. The first-order valence-corrected chi connectivity index (χ1v) is 9.24. The quantitative estimate of drug-likeness (QED) is 0.662. The molecule has 0 bridgehead atoms. The van der Waals surface area contributed by atoms with Crippen LogP contribution >= 0.6 is 0 Å². The first kappa shape index (κ1) is 19.6. The summed E-state index contributed by atoms with van der Waals surface area (Å²) in [7, 11) is 0. The lowest BCUT2D eigenvalue weighted by Gasteiger charge is -2.28. The van der Waals surface area contributed by atoms with Crippen molar-refractivity contribution in [3.8, 4) is 5.75 Å². The molecule has 0 radical (unpaired) electrons. The number of phenolic OH excluding ortho intramolecular Hbond substituents is 1. The molecule has 1 N–H and O–H groups in total. The zero-order valence-electron chi connectivity index (χ0n) is 17.5.